The molecular formula is C22H28N4O. The summed E-state index contributed by atoms with van der Waals surface area (Å²) in [5, 5.41) is 3.29. The molecule has 5 nitrogen and oxygen atoms in total. The summed E-state index contributed by atoms with van der Waals surface area (Å²) in [6.07, 6.45) is 0.939. The van der Waals surface area contributed by atoms with Gasteiger partial charge in [-0.3, -0.25) is 9.80 Å². The lowest BCUT2D eigenvalue weighted by atomic mass is 10.2. The molecule has 1 N–H and O–H groups in total. The van der Waals surface area contributed by atoms with Crippen molar-refractivity contribution >= 4 is 11.7 Å². The highest BCUT2D eigenvalue weighted by Gasteiger charge is 2.28. The van der Waals surface area contributed by atoms with E-state index in [1.165, 1.54) is 11.1 Å². The third-order valence-electron chi connectivity index (χ3n) is 5.52. The highest BCUT2D eigenvalue weighted by molar-refractivity contribution is 5.94. The molecule has 4 rings (SSSR count). The van der Waals surface area contributed by atoms with Crippen molar-refractivity contribution in [3.05, 3.63) is 65.7 Å². The number of likely N-dealkylation sites (N-methyl/N-ethyl adjacent to an activating group) is 1. The summed E-state index contributed by atoms with van der Waals surface area (Å²) >= 11 is 0. The zero-order valence-corrected chi connectivity index (χ0v) is 16.0. The molecule has 2 aliphatic rings. The molecule has 1 saturated heterocycles. The van der Waals surface area contributed by atoms with Crippen molar-refractivity contribution in [2.45, 2.75) is 19.0 Å². The predicted molar refractivity (Wildman–Crippen MR) is 109 cm³/mol. The second-order valence-electron chi connectivity index (χ2n) is 7.66. The summed E-state index contributed by atoms with van der Waals surface area (Å²) in [6.45, 7) is 5.48. The first-order valence-electron chi connectivity index (χ1n) is 9.80. The first-order chi connectivity index (χ1) is 13.2. The summed E-state index contributed by atoms with van der Waals surface area (Å²) in [5.41, 5.74) is 3.63. The van der Waals surface area contributed by atoms with Gasteiger partial charge in [-0.15, -0.1) is 0 Å². The monoisotopic (exact) mass is 364 g/mol. The second-order valence-corrected chi connectivity index (χ2v) is 7.66. The normalized spacial score (nSPS) is 20.9. The van der Waals surface area contributed by atoms with Crippen molar-refractivity contribution in [2.75, 3.05) is 44.7 Å². The Kier molecular flexibility index (Phi) is 5.41. The number of fused-ring (bicyclic) bond motifs is 1. The number of hydrogen-bond donors (Lipinski definition) is 1. The second kappa shape index (κ2) is 8.11. The van der Waals surface area contributed by atoms with E-state index in [2.05, 4.69) is 58.6 Å². The number of nitrogens with one attached hydrogen (secondary N) is 1. The zero-order chi connectivity index (χ0) is 18.6. The lowest BCUT2D eigenvalue weighted by Gasteiger charge is -2.27. The molecular weight excluding hydrogens is 336 g/mol. The van der Waals surface area contributed by atoms with E-state index in [0.717, 1.165) is 51.4 Å². The molecule has 0 radical (unpaired) electrons. The average molecular weight is 364 g/mol. The van der Waals surface area contributed by atoms with E-state index in [-0.39, 0.29) is 12.1 Å². The van der Waals surface area contributed by atoms with Gasteiger partial charge in [0.2, 0.25) is 0 Å². The fraction of sp³-hybridized carbons (Fsp3) is 0.409. The number of amides is 2. The molecule has 0 aromatic heterocycles. The topological polar surface area (TPSA) is 38.8 Å². The Labute approximate surface area is 161 Å². The van der Waals surface area contributed by atoms with E-state index >= 15 is 0 Å². The summed E-state index contributed by atoms with van der Waals surface area (Å²) in [6, 6.07) is 18.9. The van der Waals surface area contributed by atoms with Crippen molar-refractivity contribution in [3.8, 4) is 0 Å². The molecule has 0 saturated carbocycles. The number of rotatable bonds is 3. The van der Waals surface area contributed by atoms with Gasteiger partial charge in [0.15, 0.2) is 0 Å². The van der Waals surface area contributed by atoms with Crippen LogP contribution in [0.5, 0.6) is 0 Å². The van der Waals surface area contributed by atoms with Crippen LogP contribution in [0.1, 0.15) is 11.1 Å². The van der Waals surface area contributed by atoms with E-state index in [1.54, 1.807) is 0 Å². The molecule has 2 aromatic carbocycles. The van der Waals surface area contributed by atoms with Crippen molar-refractivity contribution in [2.24, 2.45) is 0 Å². The quantitative estimate of drug-likeness (QED) is 0.910. The first kappa shape index (κ1) is 18.0. The van der Waals surface area contributed by atoms with E-state index in [4.69, 9.17) is 0 Å². The highest BCUT2D eigenvalue weighted by Crippen LogP contribution is 2.27. The lowest BCUT2D eigenvalue weighted by Crippen LogP contribution is -2.50. The Hall–Kier alpha value is -2.37. The van der Waals surface area contributed by atoms with E-state index in [9.17, 15) is 4.79 Å². The molecule has 27 heavy (non-hydrogen) atoms. The van der Waals surface area contributed by atoms with Crippen LogP contribution in [0.2, 0.25) is 0 Å². The first-order valence-corrected chi connectivity index (χ1v) is 9.80. The Morgan fingerprint density at radius 2 is 1.78 bits per heavy atom. The van der Waals surface area contributed by atoms with Gasteiger partial charge in [-0.2, -0.15) is 0 Å². The number of carbonyl (C=O) groups is 1. The van der Waals surface area contributed by atoms with Crippen molar-refractivity contribution < 1.29 is 4.79 Å². The fourth-order valence-electron chi connectivity index (χ4n) is 4.12. The van der Waals surface area contributed by atoms with Crippen LogP contribution < -0.4 is 10.2 Å². The molecule has 2 amide bonds. The standard InChI is InChI=1S/C22H28N4O/c1-24-13-14-25(15-18-7-3-2-4-8-18)17-20(16-24)23-22(27)26-12-11-19-9-5-6-10-21(19)26/h2-10,20H,11-17H2,1H3,(H,23,27). The molecule has 1 fully saturated rings. The van der Waals surface area contributed by atoms with E-state index in [1.807, 2.05) is 23.1 Å². The number of hydrogen-bond acceptors (Lipinski definition) is 3. The smallest absolute Gasteiger partial charge is 0.322 e. The van der Waals surface area contributed by atoms with Crippen LogP contribution >= 0.6 is 0 Å². The third-order valence-corrected chi connectivity index (χ3v) is 5.52. The van der Waals surface area contributed by atoms with Gasteiger partial charge in [0.05, 0.1) is 6.04 Å². The Morgan fingerprint density at radius 3 is 2.63 bits per heavy atom. The molecule has 2 aliphatic heterocycles. The van der Waals surface area contributed by atoms with Crippen LogP contribution in [0.15, 0.2) is 54.6 Å². The number of carbonyl (C=O) groups excluding carboxylic acids is 1. The van der Waals surface area contributed by atoms with Crippen LogP contribution in [0.25, 0.3) is 0 Å². The minimum atomic E-state index is 0.0277. The zero-order valence-electron chi connectivity index (χ0n) is 16.0. The van der Waals surface area contributed by atoms with Gasteiger partial charge in [0.25, 0.3) is 0 Å². The summed E-state index contributed by atoms with van der Waals surface area (Å²) in [7, 11) is 2.14. The van der Waals surface area contributed by atoms with Crippen molar-refractivity contribution in [1.29, 1.82) is 0 Å². The fourth-order valence-corrected chi connectivity index (χ4v) is 4.12. The highest BCUT2D eigenvalue weighted by atomic mass is 16.2. The number of para-hydroxylation sites is 1. The minimum absolute atomic E-state index is 0.0277. The molecule has 0 bridgehead atoms. The maximum atomic E-state index is 12.9. The van der Waals surface area contributed by atoms with Crippen molar-refractivity contribution in [1.82, 2.24) is 15.1 Å². The van der Waals surface area contributed by atoms with Crippen LogP contribution in [-0.2, 0) is 13.0 Å². The van der Waals surface area contributed by atoms with E-state index in [0.29, 0.717) is 0 Å². The van der Waals surface area contributed by atoms with Gasteiger partial charge in [0, 0.05) is 45.0 Å². The maximum Gasteiger partial charge on any atom is 0.322 e. The third kappa shape index (κ3) is 4.31. The van der Waals surface area contributed by atoms with E-state index < -0.39 is 0 Å². The van der Waals surface area contributed by atoms with Gasteiger partial charge >= 0.3 is 6.03 Å². The van der Waals surface area contributed by atoms with Crippen LogP contribution in [0, 0.1) is 0 Å². The molecule has 2 aromatic rings. The van der Waals surface area contributed by atoms with Crippen LogP contribution in [0.3, 0.4) is 0 Å². The van der Waals surface area contributed by atoms with Gasteiger partial charge in [0.1, 0.15) is 0 Å². The Bertz CT molecular complexity index is 779. The number of benzene rings is 2. The average Bonchev–Trinajstić information content (AvgIpc) is 3.03. The SMILES string of the molecule is CN1CCN(Cc2ccccc2)CC(NC(=O)N2CCc3ccccc32)C1. The van der Waals surface area contributed by atoms with Gasteiger partial charge in [-0.25, -0.2) is 4.79 Å². The van der Waals surface area contributed by atoms with Gasteiger partial charge in [-0.1, -0.05) is 48.5 Å². The molecule has 0 aliphatic carbocycles. The van der Waals surface area contributed by atoms with Crippen LogP contribution in [0.4, 0.5) is 10.5 Å². The van der Waals surface area contributed by atoms with Gasteiger partial charge in [-0.05, 0) is 30.7 Å². The predicted octanol–water partition coefficient (Wildman–Crippen LogP) is 2.57. The largest absolute Gasteiger partial charge is 0.332 e. The lowest BCUT2D eigenvalue weighted by molar-refractivity contribution is 0.230. The maximum absolute atomic E-state index is 12.9. The number of anilines is 1. The Morgan fingerprint density at radius 1 is 1.00 bits per heavy atom. The molecule has 2 heterocycles. The number of nitrogens with zero attached hydrogens (tertiary/aromatic N) is 3. The molecule has 142 valence electrons. The van der Waals surface area contributed by atoms with Gasteiger partial charge < -0.3 is 10.2 Å². The minimum Gasteiger partial charge on any atom is -0.332 e. The number of urea groups is 1. The van der Waals surface area contributed by atoms with Crippen LogP contribution in [-0.4, -0.2) is 61.6 Å². The summed E-state index contributed by atoms with van der Waals surface area (Å²) < 4.78 is 0. The summed E-state index contributed by atoms with van der Waals surface area (Å²) in [4.78, 5) is 19.6. The Balaban J connectivity index is 1.41. The van der Waals surface area contributed by atoms with Crippen molar-refractivity contribution in [3.63, 3.8) is 0 Å². The molecule has 0 spiro atoms. The summed E-state index contributed by atoms with van der Waals surface area (Å²) in [5.74, 6) is 0. The molecule has 1 atom stereocenters. The molecule has 1 unspecified atom stereocenters. The molecule has 5 heteroatoms.